The van der Waals surface area contributed by atoms with Crippen LogP contribution >= 0.6 is 23.5 Å². The van der Waals surface area contributed by atoms with Gasteiger partial charge in [-0.3, -0.25) is 0 Å². The molecule has 0 unspecified atom stereocenters. The summed E-state index contributed by atoms with van der Waals surface area (Å²) in [5.41, 5.74) is -0.336. The standard InChI is InChI=1S/C20H25F3O2S2/c1-2-3-4-5-6-7-9-14-15(10-8-11-16(14)20(21,22)23)17(18(24)25)19-26-12-13-27-19/h8,10-11H,2-7,9,12-13H2,1H3,(H,24,25). The number of rotatable bonds is 9. The van der Waals surface area contributed by atoms with Crippen LogP contribution in [0.4, 0.5) is 13.2 Å². The highest BCUT2D eigenvalue weighted by Gasteiger charge is 2.35. The van der Waals surface area contributed by atoms with Crippen LogP contribution in [0.2, 0.25) is 0 Å². The second-order valence-electron chi connectivity index (χ2n) is 6.51. The van der Waals surface area contributed by atoms with Crippen LogP contribution in [-0.2, 0) is 17.4 Å². The van der Waals surface area contributed by atoms with E-state index in [4.69, 9.17) is 0 Å². The van der Waals surface area contributed by atoms with Gasteiger partial charge >= 0.3 is 12.1 Å². The van der Waals surface area contributed by atoms with Gasteiger partial charge < -0.3 is 5.11 Å². The molecule has 1 aromatic carbocycles. The molecule has 150 valence electrons. The van der Waals surface area contributed by atoms with Gasteiger partial charge in [0.2, 0.25) is 0 Å². The first-order chi connectivity index (χ1) is 12.9. The Morgan fingerprint density at radius 3 is 2.30 bits per heavy atom. The summed E-state index contributed by atoms with van der Waals surface area (Å²) in [5.74, 6) is 0.404. The maximum absolute atomic E-state index is 13.6. The van der Waals surface area contributed by atoms with E-state index < -0.39 is 17.7 Å². The molecule has 1 saturated heterocycles. The molecule has 1 heterocycles. The van der Waals surface area contributed by atoms with Gasteiger partial charge in [-0.2, -0.15) is 13.2 Å². The van der Waals surface area contributed by atoms with Crippen molar-refractivity contribution in [3.63, 3.8) is 0 Å². The summed E-state index contributed by atoms with van der Waals surface area (Å²) in [4.78, 5) is 11.9. The molecule has 1 aliphatic heterocycles. The van der Waals surface area contributed by atoms with Gasteiger partial charge in [0.05, 0.1) is 15.4 Å². The molecule has 0 spiro atoms. The molecule has 0 aromatic heterocycles. The Kier molecular flexibility index (Phi) is 8.61. The number of halogens is 3. The van der Waals surface area contributed by atoms with Gasteiger partial charge in [0, 0.05) is 11.5 Å². The maximum Gasteiger partial charge on any atom is 0.416 e. The number of unbranched alkanes of at least 4 members (excludes halogenated alkanes) is 5. The lowest BCUT2D eigenvalue weighted by atomic mass is 9.91. The Morgan fingerprint density at radius 1 is 1.07 bits per heavy atom. The van der Waals surface area contributed by atoms with Crippen molar-refractivity contribution in [2.24, 2.45) is 0 Å². The van der Waals surface area contributed by atoms with Gasteiger partial charge in [0.1, 0.15) is 0 Å². The summed E-state index contributed by atoms with van der Waals surface area (Å²) < 4.78 is 41.3. The highest BCUT2D eigenvalue weighted by Crippen LogP contribution is 2.44. The summed E-state index contributed by atoms with van der Waals surface area (Å²) in [5, 5.41) is 9.71. The van der Waals surface area contributed by atoms with E-state index in [-0.39, 0.29) is 23.1 Å². The van der Waals surface area contributed by atoms with E-state index in [1.807, 2.05) is 0 Å². The molecular weight excluding hydrogens is 393 g/mol. The Labute approximate surface area is 167 Å². The average Bonchev–Trinajstić information content (AvgIpc) is 3.11. The summed E-state index contributed by atoms with van der Waals surface area (Å²) in [7, 11) is 0. The van der Waals surface area contributed by atoms with Crippen LogP contribution in [0.1, 0.15) is 62.1 Å². The molecule has 1 aliphatic rings. The highest BCUT2D eigenvalue weighted by atomic mass is 32.2. The third-order valence-corrected chi connectivity index (χ3v) is 7.21. The van der Waals surface area contributed by atoms with E-state index in [9.17, 15) is 23.1 Å². The van der Waals surface area contributed by atoms with Crippen LogP contribution in [0.3, 0.4) is 0 Å². The molecule has 1 N–H and O–H groups in total. The fourth-order valence-electron chi connectivity index (χ4n) is 3.21. The number of carboxylic acids is 1. The smallest absolute Gasteiger partial charge is 0.416 e. The van der Waals surface area contributed by atoms with E-state index in [1.54, 1.807) is 0 Å². The molecule has 0 bridgehead atoms. The summed E-state index contributed by atoms with van der Waals surface area (Å²) in [6.45, 7) is 2.12. The Balaban J connectivity index is 2.36. The molecule has 2 rings (SSSR count). The van der Waals surface area contributed by atoms with Crippen LogP contribution in [0.5, 0.6) is 0 Å². The minimum Gasteiger partial charge on any atom is -0.478 e. The zero-order chi connectivity index (χ0) is 19.9. The lowest BCUT2D eigenvalue weighted by Crippen LogP contribution is -2.13. The predicted octanol–water partition coefficient (Wildman–Crippen LogP) is 6.84. The summed E-state index contributed by atoms with van der Waals surface area (Å²) in [6, 6.07) is 3.91. The largest absolute Gasteiger partial charge is 0.478 e. The molecule has 7 heteroatoms. The first-order valence-electron chi connectivity index (χ1n) is 9.28. The molecule has 2 nitrogen and oxygen atoms in total. The van der Waals surface area contributed by atoms with Crippen molar-refractivity contribution in [3.05, 3.63) is 39.1 Å². The monoisotopic (exact) mass is 418 g/mol. The minimum absolute atomic E-state index is 0.0228. The number of carboxylic acid groups (broad SMARTS) is 1. The molecule has 0 radical (unpaired) electrons. The molecule has 27 heavy (non-hydrogen) atoms. The van der Waals surface area contributed by atoms with Crippen molar-refractivity contribution in [1.82, 2.24) is 0 Å². The van der Waals surface area contributed by atoms with E-state index in [2.05, 4.69) is 6.92 Å². The topological polar surface area (TPSA) is 37.3 Å². The van der Waals surface area contributed by atoms with Crippen molar-refractivity contribution in [2.75, 3.05) is 11.5 Å². The zero-order valence-corrected chi connectivity index (χ0v) is 17.0. The number of alkyl halides is 3. The fraction of sp³-hybridized carbons (Fsp3) is 0.550. The summed E-state index contributed by atoms with van der Waals surface area (Å²) >= 11 is 2.83. The molecule has 0 aliphatic carbocycles. The molecule has 1 fully saturated rings. The number of carbonyl (C=O) groups is 1. The average molecular weight is 419 g/mol. The van der Waals surface area contributed by atoms with E-state index in [0.717, 1.165) is 49.7 Å². The van der Waals surface area contributed by atoms with Gasteiger partial charge in [0.15, 0.2) is 0 Å². The van der Waals surface area contributed by atoms with Crippen LogP contribution < -0.4 is 0 Å². The van der Waals surface area contributed by atoms with Gasteiger partial charge in [0.25, 0.3) is 0 Å². The van der Waals surface area contributed by atoms with E-state index >= 15 is 0 Å². The number of hydrogen-bond acceptors (Lipinski definition) is 3. The molecular formula is C20H25F3O2S2. The quantitative estimate of drug-likeness (QED) is 0.352. The minimum atomic E-state index is -4.49. The lowest BCUT2D eigenvalue weighted by molar-refractivity contribution is -0.138. The van der Waals surface area contributed by atoms with E-state index in [0.29, 0.717) is 10.7 Å². The number of hydrogen-bond donors (Lipinski definition) is 1. The SMILES string of the molecule is CCCCCCCCc1c(C(C(=O)O)=C2SCCS2)cccc1C(F)(F)F. The Hall–Kier alpha value is -1.08. The van der Waals surface area contributed by atoms with Crippen LogP contribution in [0, 0.1) is 0 Å². The van der Waals surface area contributed by atoms with Gasteiger partial charge in [-0.1, -0.05) is 51.2 Å². The molecule has 0 atom stereocenters. The first-order valence-corrected chi connectivity index (χ1v) is 11.3. The molecule has 1 aromatic rings. The third kappa shape index (κ3) is 6.21. The van der Waals surface area contributed by atoms with E-state index in [1.165, 1.54) is 35.7 Å². The third-order valence-electron chi connectivity index (χ3n) is 4.50. The number of benzene rings is 1. The van der Waals surface area contributed by atoms with Crippen LogP contribution in [0.15, 0.2) is 22.4 Å². The summed E-state index contributed by atoms with van der Waals surface area (Å²) in [6.07, 6.45) is 1.58. The highest BCUT2D eigenvalue weighted by molar-refractivity contribution is 8.25. The van der Waals surface area contributed by atoms with Crippen molar-refractivity contribution in [2.45, 2.75) is 58.0 Å². The van der Waals surface area contributed by atoms with Gasteiger partial charge in [-0.05, 0) is 30.0 Å². The van der Waals surface area contributed by atoms with Gasteiger partial charge in [-0.25, -0.2) is 4.79 Å². The Morgan fingerprint density at radius 2 is 1.70 bits per heavy atom. The molecule has 0 amide bonds. The predicted molar refractivity (Wildman–Crippen MR) is 108 cm³/mol. The van der Waals surface area contributed by atoms with Crippen molar-refractivity contribution in [3.8, 4) is 0 Å². The number of aliphatic carboxylic acids is 1. The normalized spacial score (nSPS) is 14.6. The first kappa shape index (κ1) is 22.2. The van der Waals surface area contributed by atoms with Crippen molar-refractivity contribution >= 4 is 35.1 Å². The number of thioether (sulfide) groups is 2. The van der Waals surface area contributed by atoms with Gasteiger partial charge in [-0.15, -0.1) is 23.5 Å². The van der Waals surface area contributed by atoms with Crippen molar-refractivity contribution in [1.29, 1.82) is 0 Å². The second-order valence-corrected chi connectivity index (χ2v) is 8.98. The lowest BCUT2D eigenvalue weighted by Gasteiger charge is -2.18. The molecule has 0 saturated carbocycles. The zero-order valence-electron chi connectivity index (χ0n) is 15.4. The fourth-order valence-corrected chi connectivity index (χ4v) is 5.76. The van der Waals surface area contributed by atoms with Crippen LogP contribution in [0.25, 0.3) is 5.57 Å². The second kappa shape index (κ2) is 10.5. The van der Waals surface area contributed by atoms with Crippen LogP contribution in [-0.4, -0.2) is 22.6 Å². The maximum atomic E-state index is 13.6. The Bertz CT molecular complexity index is 676. The van der Waals surface area contributed by atoms with Crippen molar-refractivity contribution < 1.29 is 23.1 Å².